The fraction of sp³-hybridized carbons (Fsp3) is 0.318. The van der Waals surface area contributed by atoms with Gasteiger partial charge in [0.1, 0.15) is 0 Å². The number of pyridine rings is 1. The number of ether oxygens (including phenoxy) is 1. The predicted molar refractivity (Wildman–Crippen MR) is 114 cm³/mol. The molecule has 0 radical (unpaired) electrons. The molecule has 1 aromatic carbocycles. The van der Waals surface area contributed by atoms with Crippen LogP contribution in [0.1, 0.15) is 25.0 Å². The second-order valence-electron chi connectivity index (χ2n) is 8.32. The molecule has 1 saturated heterocycles. The maximum absolute atomic E-state index is 10.3. The van der Waals surface area contributed by atoms with Crippen LogP contribution in [0.5, 0.6) is 0 Å². The molecule has 3 aromatic rings. The van der Waals surface area contributed by atoms with E-state index in [9.17, 15) is 5.11 Å². The lowest BCUT2D eigenvalue weighted by molar-refractivity contribution is -0.0507. The molecule has 4 heterocycles. The lowest BCUT2D eigenvalue weighted by Crippen LogP contribution is -2.49. The molecule has 2 aromatic heterocycles. The van der Waals surface area contributed by atoms with Gasteiger partial charge >= 0.3 is 0 Å². The van der Waals surface area contributed by atoms with E-state index >= 15 is 0 Å². The van der Waals surface area contributed by atoms with Gasteiger partial charge < -0.3 is 14.7 Å². The molecule has 29 heavy (non-hydrogen) atoms. The first-order valence-electron chi connectivity index (χ1n) is 9.56. The number of hydrogen-bond acceptors (Lipinski definition) is 7. The highest BCUT2D eigenvalue weighted by molar-refractivity contribution is 7.80. The summed E-state index contributed by atoms with van der Waals surface area (Å²) in [6.07, 6.45) is 5.26. The molecule has 0 bridgehead atoms. The molecular weight excluding hydrogens is 384 g/mol. The largest absolute Gasteiger partial charge is 0.386 e. The van der Waals surface area contributed by atoms with E-state index in [-0.39, 0.29) is 5.41 Å². The highest BCUT2D eigenvalue weighted by atomic mass is 32.1. The molecule has 148 valence electrons. The number of aliphatic hydroxyl groups is 1. The van der Waals surface area contributed by atoms with Crippen molar-refractivity contribution >= 4 is 24.3 Å². The number of benzene rings is 1. The van der Waals surface area contributed by atoms with Crippen molar-refractivity contribution in [1.29, 1.82) is 0 Å². The highest BCUT2D eigenvalue weighted by Gasteiger charge is 2.49. The fourth-order valence-electron chi connectivity index (χ4n) is 4.00. The first-order valence-corrected chi connectivity index (χ1v) is 10.0. The molecule has 1 N–H and O–H groups in total. The normalized spacial score (nSPS) is 17.3. The zero-order valence-electron chi connectivity index (χ0n) is 16.3. The number of aromatic nitrogens is 3. The summed E-state index contributed by atoms with van der Waals surface area (Å²) in [5.74, 6) is 0.649. The molecule has 2 aliphatic heterocycles. The average Bonchev–Trinajstić information content (AvgIpc) is 3.02. The molecule has 0 unspecified atom stereocenters. The average molecular weight is 407 g/mol. The van der Waals surface area contributed by atoms with Crippen molar-refractivity contribution < 1.29 is 9.84 Å². The first-order chi connectivity index (χ1) is 13.9. The summed E-state index contributed by atoms with van der Waals surface area (Å²) in [7, 11) is 0. The Morgan fingerprint density at radius 3 is 2.52 bits per heavy atom. The van der Waals surface area contributed by atoms with Crippen LogP contribution in [0.4, 0.5) is 11.6 Å². The van der Waals surface area contributed by atoms with Crippen LogP contribution in [0, 0.1) is 0 Å². The lowest BCUT2D eigenvalue weighted by Gasteiger charge is -2.38. The molecule has 2 aliphatic rings. The fourth-order valence-corrected chi connectivity index (χ4v) is 4.20. The van der Waals surface area contributed by atoms with Crippen LogP contribution in [0.2, 0.25) is 0 Å². The van der Waals surface area contributed by atoms with Crippen LogP contribution in [-0.4, -0.2) is 39.8 Å². The first kappa shape index (κ1) is 18.5. The van der Waals surface area contributed by atoms with Gasteiger partial charge in [-0.2, -0.15) is 0 Å². The van der Waals surface area contributed by atoms with Gasteiger partial charge in [0.2, 0.25) is 5.95 Å². The van der Waals surface area contributed by atoms with Crippen molar-refractivity contribution in [2.24, 2.45) is 0 Å². The van der Waals surface area contributed by atoms with E-state index in [2.05, 4.69) is 44.6 Å². The third kappa shape index (κ3) is 3.10. The Kier molecular flexibility index (Phi) is 4.17. The number of hydrogen-bond donors (Lipinski definition) is 2. The molecule has 6 nitrogen and oxygen atoms in total. The number of rotatable bonds is 3. The SMILES string of the molecule is CC(C)(O)c1ccnc(-c2cnc(N3CC4(COC4)c4ccc(S)cc43)nc2)c1. The number of fused-ring (bicyclic) bond motifs is 2. The molecule has 0 saturated carbocycles. The van der Waals surface area contributed by atoms with E-state index in [1.54, 1.807) is 32.4 Å². The van der Waals surface area contributed by atoms with Crippen molar-refractivity contribution in [2.75, 3.05) is 24.7 Å². The third-order valence-corrected chi connectivity index (χ3v) is 5.98. The van der Waals surface area contributed by atoms with Gasteiger partial charge in [0, 0.05) is 41.3 Å². The van der Waals surface area contributed by atoms with Crippen molar-refractivity contribution in [2.45, 2.75) is 29.8 Å². The van der Waals surface area contributed by atoms with Crippen LogP contribution in [0.15, 0.2) is 53.8 Å². The molecule has 7 heteroatoms. The van der Waals surface area contributed by atoms with E-state index in [4.69, 9.17) is 4.74 Å². The van der Waals surface area contributed by atoms with Gasteiger partial charge in [-0.3, -0.25) is 4.98 Å². The Morgan fingerprint density at radius 2 is 1.86 bits per heavy atom. The second-order valence-corrected chi connectivity index (χ2v) is 8.84. The van der Waals surface area contributed by atoms with Gasteiger partial charge in [0.15, 0.2) is 0 Å². The molecule has 0 aliphatic carbocycles. The molecule has 0 atom stereocenters. The zero-order valence-corrected chi connectivity index (χ0v) is 17.2. The minimum atomic E-state index is -0.929. The maximum atomic E-state index is 10.3. The highest BCUT2D eigenvalue weighted by Crippen LogP contribution is 2.48. The van der Waals surface area contributed by atoms with Crippen molar-refractivity contribution in [3.63, 3.8) is 0 Å². The van der Waals surface area contributed by atoms with Crippen molar-refractivity contribution in [3.8, 4) is 11.3 Å². The topological polar surface area (TPSA) is 71.4 Å². The summed E-state index contributed by atoms with van der Waals surface area (Å²) in [5, 5.41) is 10.3. The van der Waals surface area contributed by atoms with Crippen LogP contribution in [-0.2, 0) is 15.8 Å². The third-order valence-electron chi connectivity index (χ3n) is 5.70. The number of thiol groups is 1. The van der Waals surface area contributed by atoms with Gasteiger partial charge in [0.25, 0.3) is 0 Å². The van der Waals surface area contributed by atoms with Gasteiger partial charge in [-0.15, -0.1) is 12.6 Å². The van der Waals surface area contributed by atoms with E-state index in [0.717, 1.165) is 33.9 Å². The molecule has 0 amide bonds. The quantitative estimate of drug-likeness (QED) is 0.649. The summed E-state index contributed by atoms with van der Waals surface area (Å²) < 4.78 is 5.53. The summed E-state index contributed by atoms with van der Waals surface area (Å²) in [6.45, 7) is 5.74. The van der Waals surface area contributed by atoms with Crippen LogP contribution in [0.3, 0.4) is 0 Å². The lowest BCUT2D eigenvalue weighted by atomic mass is 9.81. The molecular formula is C22H22N4O2S. The smallest absolute Gasteiger partial charge is 0.229 e. The maximum Gasteiger partial charge on any atom is 0.229 e. The van der Waals surface area contributed by atoms with Crippen LogP contribution >= 0.6 is 12.6 Å². The van der Waals surface area contributed by atoms with Gasteiger partial charge in [-0.1, -0.05) is 6.07 Å². The summed E-state index contributed by atoms with van der Waals surface area (Å²) in [4.78, 5) is 16.7. The van der Waals surface area contributed by atoms with E-state index < -0.39 is 5.60 Å². The van der Waals surface area contributed by atoms with Crippen molar-refractivity contribution in [3.05, 3.63) is 60.0 Å². The standard InChI is InChI=1S/C22H22N4O2S/c1-21(2,27)15-5-6-23-18(7-15)14-9-24-20(25-10-14)26-11-22(12-28-13-22)17-4-3-16(29)8-19(17)26/h3-10,27,29H,11-13H2,1-2H3. The van der Waals surface area contributed by atoms with E-state index in [0.29, 0.717) is 19.2 Å². The number of nitrogens with zero attached hydrogens (tertiary/aromatic N) is 4. The minimum Gasteiger partial charge on any atom is -0.386 e. The predicted octanol–water partition coefficient (Wildman–Crippen LogP) is 3.47. The Bertz CT molecular complexity index is 1070. The Morgan fingerprint density at radius 1 is 1.10 bits per heavy atom. The zero-order chi connectivity index (χ0) is 20.2. The molecule has 1 fully saturated rings. The summed E-state index contributed by atoms with van der Waals surface area (Å²) >= 11 is 4.51. The summed E-state index contributed by atoms with van der Waals surface area (Å²) in [5.41, 5.74) is 3.80. The number of anilines is 2. The molecule has 5 rings (SSSR count). The summed E-state index contributed by atoms with van der Waals surface area (Å²) in [6, 6.07) is 9.92. The van der Waals surface area contributed by atoms with E-state index in [1.165, 1.54) is 5.56 Å². The van der Waals surface area contributed by atoms with Crippen LogP contribution in [0.25, 0.3) is 11.3 Å². The second kappa shape index (κ2) is 6.52. The van der Waals surface area contributed by atoms with E-state index in [1.807, 2.05) is 18.2 Å². The Hall–Kier alpha value is -2.48. The van der Waals surface area contributed by atoms with Gasteiger partial charge in [-0.25, -0.2) is 9.97 Å². The Balaban J connectivity index is 1.48. The van der Waals surface area contributed by atoms with Crippen LogP contribution < -0.4 is 4.90 Å². The molecule has 1 spiro atoms. The monoisotopic (exact) mass is 406 g/mol. The van der Waals surface area contributed by atoms with Crippen molar-refractivity contribution in [1.82, 2.24) is 15.0 Å². The van der Waals surface area contributed by atoms with Gasteiger partial charge in [-0.05, 0) is 49.2 Å². The minimum absolute atomic E-state index is 0.0153. The Labute approximate surface area is 175 Å². The van der Waals surface area contributed by atoms with Gasteiger partial charge in [0.05, 0.1) is 29.9 Å².